The number of rotatable bonds is 5. The molecule has 1 aromatic heterocycles. The van der Waals surface area contributed by atoms with E-state index in [9.17, 15) is 4.79 Å². The molecule has 132 valence electrons. The second-order valence-corrected chi connectivity index (χ2v) is 6.65. The first kappa shape index (κ1) is 17.5. The van der Waals surface area contributed by atoms with Gasteiger partial charge in [0.25, 0.3) is 0 Å². The predicted octanol–water partition coefficient (Wildman–Crippen LogP) is 2.42. The summed E-state index contributed by atoms with van der Waals surface area (Å²) in [6, 6.07) is 7.43. The SMILES string of the molecule is CN(C)c1cncc(OC2CCN(C(=O)Cc3ccccc3Cl)C2)n1. The molecule has 6 nitrogen and oxygen atoms in total. The summed E-state index contributed by atoms with van der Waals surface area (Å²) in [5.41, 5.74) is 0.850. The highest BCUT2D eigenvalue weighted by Crippen LogP contribution is 2.20. The number of aromatic nitrogens is 2. The third-order valence-electron chi connectivity index (χ3n) is 4.14. The van der Waals surface area contributed by atoms with Gasteiger partial charge in [-0.05, 0) is 11.6 Å². The first-order valence-electron chi connectivity index (χ1n) is 8.20. The molecule has 1 fully saturated rings. The minimum Gasteiger partial charge on any atom is -0.471 e. The van der Waals surface area contributed by atoms with E-state index < -0.39 is 0 Å². The van der Waals surface area contributed by atoms with Crippen LogP contribution in [-0.4, -0.2) is 54.1 Å². The predicted molar refractivity (Wildman–Crippen MR) is 97.1 cm³/mol. The number of nitrogens with zero attached hydrogens (tertiary/aromatic N) is 4. The molecule has 0 spiro atoms. The molecule has 2 aromatic rings. The molecule has 1 aromatic carbocycles. The number of benzene rings is 1. The molecule has 0 N–H and O–H groups in total. The van der Waals surface area contributed by atoms with Gasteiger partial charge >= 0.3 is 0 Å². The van der Waals surface area contributed by atoms with Gasteiger partial charge < -0.3 is 14.5 Å². The molecule has 1 amide bonds. The summed E-state index contributed by atoms with van der Waals surface area (Å²) >= 11 is 6.14. The van der Waals surface area contributed by atoms with E-state index in [1.807, 2.05) is 42.1 Å². The van der Waals surface area contributed by atoms with Gasteiger partial charge in [0.1, 0.15) is 6.10 Å². The number of likely N-dealkylation sites (tertiary alicyclic amines) is 1. The van der Waals surface area contributed by atoms with Crippen LogP contribution in [0.2, 0.25) is 5.02 Å². The minimum atomic E-state index is -0.0677. The van der Waals surface area contributed by atoms with E-state index in [0.717, 1.165) is 17.8 Å². The Hall–Kier alpha value is -2.34. The standard InChI is InChI=1S/C18H21ClN4O2/c1-22(2)16-10-20-11-17(21-16)25-14-7-8-23(12-14)18(24)9-13-5-3-4-6-15(13)19/h3-6,10-11,14H,7-9,12H2,1-2H3. The highest BCUT2D eigenvalue weighted by Gasteiger charge is 2.28. The first-order valence-corrected chi connectivity index (χ1v) is 8.58. The van der Waals surface area contributed by atoms with E-state index in [-0.39, 0.29) is 12.0 Å². The molecule has 2 heterocycles. The lowest BCUT2D eigenvalue weighted by Crippen LogP contribution is -2.32. The summed E-state index contributed by atoms with van der Waals surface area (Å²) in [4.78, 5) is 24.7. The molecule has 0 saturated carbocycles. The largest absolute Gasteiger partial charge is 0.471 e. The van der Waals surface area contributed by atoms with Crippen LogP contribution in [0.15, 0.2) is 36.7 Å². The fourth-order valence-corrected chi connectivity index (χ4v) is 2.95. The second-order valence-electron chi connectivity index (χ2n) is 6.25. The second kappa shape index (κ2) is 7.70. The fraction of sp³-hybridized carbons (Fsp3) is 0.389. The fourth-order valence-electron chi connectivity index (χ4n) is 2.75. The van der Waals surface area contributed by atoms with Crippen LogP contribution in [0.25, 0.3) is 0 Å². The van der Waals surface area contributed by atoms with Gasteiger partial charge in [0.2, 0.25) is 11.8 Å². The average molecular weight is 361 g/mol. The van der Waals surface area contributed by atoms with Crippen LogP contribution in [-0.2, 0) is 11.2 Å². The van der Waals surface area contributed by atoms with Crippen LogP contribution in [0.5, 0.6) is 5.88 Å². The van der Waals surface area contributed by atoms with Gasteiger partial charge in [-0.2, -0.15) is 4.98 Å². The molecular formula is C18H21ClN4O2. The quantitative estimate of drug-likeness (QED) is 0.819. The van der Waals surface area contributed by atoms with Crippen LogP contribution in [0.1, 0.15) is 12.0 Å². The maximum atomic E-state index is 12.5. The Morgan fingerprint density at radius 2 is 2.16 bits per heavy atom. The van der Waals surface area contributed by atoms with Crippen molar-refractivity contribution in [3.8, 4) is 5.88 Å². The number of hydrogen-bond donors (Lipinski definition) is 0. The average Bonchev–Trinajstić information content (AvgIpc) is 3.06. The van der Waals surface area contributed by atoms with E-state index in [1.54, 1.807) is 18.5 Å². The number of carbonyl (C=O) groups excluding carboxylic acids is 1. The Bertz CT molecular complexity index is 753. The first-order chi connectivity index (χ1) is 12.0. The van der Waals surface area contributed by atoms with E-state index in [0.29, 0.717) is 30.4 Å². The highest BCUT2D eigenvalue weighted by molar-refractivity contribution is 6.31. The van der Waals surface area contributed by atoms with E-state index >= 15 is 0 Å². The third-order valence-corrected chi connectivity index (χ3v) is 4.51. The summed E-state index contributed by atoms with van der Waals surface area (Å²) in [6.07, 6.45) is 4.30. The van der Waals surface area contributed by atoms with Crippen molar-refractivity contribution >= 4 is 23.3 Å². The number of anilines is 1. The normalized spacial score (nSPS) is 16.8. The van der Waals surface area contributed by atoms with Gasteiger partial charge in [0.05, 0.1) is 25.4 Å². The van der Waals surface area contributed by atoms with Crippen LogP contribution < -0.4 is 9.64 Å². The number of halogens is 1. The zero-order valence-electron chi connectivity index (χ0n) is 14.4. The Kier molecular flexibility index (Phi) is 5.38. The smallest absolute Gasteiger partial charge is 0.234 e. The molecule has 25 heavy (non-hydrogen) atoms. The Labute approximate surface area is 152 Å². The van der Waals surface area contributed by atoms with Gasteiger partial charge in [-0.25, -0.2) is 0 Å². The van der Waals surface area contributed by atoms with Gasteiger partial charge in [-0.3, -0.25) is 9.78 Å². The number of amides is 1. The molecular weight excluding hydrogens is 340 g/mol. The van der Waals surface area contributed by atoms with Crippen molar-refractivity contribution in [2.45, 2.75) is 18.9 Å². The number of ether oxygens (including phenoxy) is 1. The monoisotopic (exact) mass is 360 g/mol. The maximum Gasteiger partial charge on any atom is 0.234 e. The van der Waals surface area contributed by atoms with Crippen molar-refractivity contribution < 1.29 is 9.53 Å². The van der Waals surface area contributed by atoms with Crippen LogP contribution in [0.4, 0.5) is 5.82 Å². The zero-order chi connectivity index (χ0) is 17.8. The Balaban J connectivity index is 1.57. The van der Waals surface area contributed by atoms with Gasteiger partial charge in [0, 0.05) is 32.1 Å². The Morgan fingerprint density at radius 1 is 1.36 bits per heavy atom. The third kappa shape index (κ3) is 4.39. The molecule has 1 unspecified atom stereocenters. The van der Waals surface area contributed by atoms with Crippen molar-refractivity contribution in [2.24, 2.45) is 0 Å². The maximum absolute atomic E-state index is 12.5. The molecule has 0 aliphatic carbocycles. The summed E-state index contributed by atoms with van der Waals surface area (Å²) in [6.45, 7) is 1.23. The molecule has 1 aliphatic rings. The minimum absolute atomic E-state index is 0.0623. The Morgan fingerprint density at radius 3 is 2.92 bits per heavy atom. The van der Waals surface area contributed by atoms with Crippen molar-refractivity contribution in [2.75, 3.05) is 32.1 Å². The van der Waals surface area contributed by atoms with Gasteiger partial charge in [-0.1, -0.05) is 29.8 Å². The molecule has 1 saturated heterocycles. The lowest BCUT2D eigenvalue weighted by Gasteiger charge is -2.18. The van der Waals surface area contributed by atoms with Gasteiger partial charge in [-0.15, -0.1) is 0 Å². The lowest BCUT2D eigenvalue weighted by atomic mass is 10.1. The molecule has 3 rings (SSSR count). The number of carbonyl (C=O) groups is 1. The summed E-state index contributed by atoms with van der Waals surface area (Å²) in [5, 5.41) is 0.624. The lowest BCUT2D eigenvalue weighted by molar-refractivity contribution is -0.129. The summed E-state index contributed by atoms with van der Waals surface area (Å²) in [7, 11) is 3.80. The van der Waals surface area contributed by atoms with Crippen LogP contribution >= 0.6 is 11.6 Å². The molecule has 0 radical (unpaired) electrons. The molecule has 7 heteroatoms. The topological polar surface area (TPSA) is 58.6 Å². The number of hydrogen-bond acceptors (Lipinski definition) is 5. The van der Waals surface area contributed by atoms with Crippen LogP contribution in [0, 0.1) is 0 Å². The molecule has 1 aliphatic heterocycles. The highest BCUT2D eigenvalue weighted by atomic mass is 35.5. The van der Waals surface area contributed by atoms with Crippen molar-refractivity contribution in [1.29, 1.82) is 0 Å². The zero-order valence-corrected chi connectivity index (χ0v) is 15.1. The van der Waals surface area contributed by atoms with Crippen molar-refractivity contribution in [3.63, 3.8) is 0 Å². The molecule has 0 bridgehead atoms. The summed E-state index contributed by atoms with van der Waals surface area (Å²) in [5.74, 6) is 1.28. The molecule has 1 atom stereocenters. The van der Waals surface area contributed by atoms with Gasteiger partial charge in [0.15, 0.2) is 5.82 Å². The van der Waals surface area contributed by atoms with E-state index in [4.69, 9.17) is 16.3 Å². The van der Waals surface area contributed by atoms with Crippen LogP contribution in [0.3, 0.4) is 0 Å². The van der Waals surface area contributed by atoms with E-state index in [2.05, 4.69) is 9.97 Å². The summed E-state index contributed by atoms with van der Waals surface area (Å²) < 4.78 is 5.90. The van der Waals surface area contributed by atoms with E-state index in [1.165, 1.54) is 0 Å². The van der Waals surface area contributed by atoms with Crippen molar-refractivity contribution in [3.05, 3.63) is 47.2 Å². The van der Waals surface area contributed by atoms with Crippen molar-refractivity contribution in [1.82, 2.24) is 14.9 Å².